The van der Waals surface area contributed by atoms with Crippen LogP contribution in [0.2, 0.25) is 5.02 Å². The maximum absolute atomic E-state index is 13.0. The summed E-state index contributed by atoms with van der Waals surface area (Å²) in [6.07, 6.45) is -0.342. The molecule has 190 valence electrons. The van der Waals surface area contributed by atoms with Crippen molar-refractivity contribution >= 4 is 35.0 Å². The van der Waals surface area contributed by atoms with Crippen molar-refractivity contribution in [2.45, 2.75) is 27.2 Å². The van der Waals surface area contributed by atoms with Crippen LogP contribution < -0.4 is 4.90 Å². The third-order valence-electron chi connectivity index (χ3n) is 5.69. The minimum atomic E-state index is -0.581. The minimum absolute atomic E-state index is 0.201. The quantitative estimate of drug-likeness (QED) is 0.226. The van der Waals surface area contributed by atoms with Gasteiger partial charge in [0.2, 0.25) is 0 Å². The van der Waals surface area contributed by atoms with Crippen molar-refractivity contribution in [3.63, 3.8) is 0 Å². The Hall–Kier alpha value is -4.10. The molecule has 0 saturated heterocycles. The van der Waals surface area contributed by atoms with Gasteiger partial charge in [0.05, 0.1) is 30.3 Å². The first-order valence-electron chi connectivity index (χ1n) is 12.0. The standard InChI is InChI=1S/C29H27ClN2O5/c1-4-35-26(33)18-20-10-12-21(13-11-20)22-14-16-23(17-15-22)28-27(19(3)31-37-28)32(29(34)36-5-2)25-9-7-6-8-24(25)30/h6-17H,4-5,18H2,1-3H3. The molecule has 0 aliphatic heterocycles. The number of hydrogen-bond acceptors (Lipinski definition) is 6. The number of benzene rings is 3. The van der Waals surface area contributed by atoms with Crippen LogP contribution in [-0.2, 0) is 20.7 Å². The molecule has 4 rings (SSSR count). The number of aryl methyl sites for hydroxylation is 1. The van der Waals surface area contributed by atoms with Crippen LogP contribution in [0, 0.1) is 6.92 Å². The first-order valence-corrected chi connectivity index (χ1v) is 12.3. The average molecular weight is 519 g/mol. The van der Waals surface area contributed by atoms with Crippen molar-refractivity contribution in [3.8, 4) is 22.5 Å². The fraction of sp³-hybridized carbons (Fsp3) is 0.207. The second kappa shape index (κ2) is 11.8. The van der Waals surface area contributed by atoms with E-state index in [-0.39, 0.29) is 19.0 Å². The van der Waals surface area contributed by atoms with Gasteiger partial charge in [-0.25, -0.2) is 9.69 Å². The molecule has 1 aromatic heterocycles. The Bertz CT molecular complexity index is 1380. The number of nitrogens with zero attached hydrogens (tertiary/aromatic N) is 2. The highest BCUT2D eigenvalue weighted by Crippen LogP contribution is 2.41. The number of aromatic nitrogens is 1. The third-order valence-corrected chi connectivity index (χ3v) is 6.01. The molecular weight excluding hydrogens is 492 g/mol. The van der Waals surface area contributed by atoms with Gasteiger partial charge in [-0.2, -0.15) is 0 Å². The second-order valence-corrected chi connectivity index (χ2v) is 8.59. The number of ether oxygens (including phenoxy) is 2. The number of hydrogen-bond donors (Lipinski definition) is 0. The molecule has 0 bridgehead atoms. The van der Waals surface area contributed by atoms with Crippen LogP contribution >= 0.6 is 11.6 Å². The summed E-state index contributed by atoms with van der Waals surface area (Å²) < 4.78 is 16.0. The predicted octanol–water partition coefficient (Wildman–Crippen LogP) is 7.37. The lowest BCUT2D eigenvalue weighted by Gasteiger charge is -2.23. The van der Waals surface area contributed by atoms with E-state index in [1.165, 1.54) is 4.90 Å². The lowest BCUT2D eigenvalue weighted by molar-refractivity contribution is -0.142. The zero-order valence-corrected chi connectivity index (χ0v) is 21.6. The average Bonchev–Trinajstić information content (AvgIpc) is 3.27. The molecule has 0 fully saturated rings. The van der Waals surface area contributed by atoms with Gasteiger partial charge in [0.15, 0.2) is 5.76 Å². The molecule has 0 atom stereocenters. The van der Waals surface area contributed by atoms with Crippen LogP contribution in [-0.4, -0.2) is 30.4 Å². The molecule has 3 aromatic carbocycles. The molecule has 1 amide bonds. The summed E-state index contributed by atoms with van der Waals surface area (Å²) in [5.41, 5.74) is 5.05. The highest BCUT2D eigenvalue weighted by atomic mass is 35.5. The predicted molar refractivity (Wildman–Crippen MR) is 143 cm³/mol. The molecule has 0 aliphatic rings. The van der Waals surface area contributed by atoms with E-state index < -0.39 is 6.09 Å². The van der Waals surface area contributed by atoms with E-state index in [1.807, 2.05) is 48.5 Å². The summed E-state index contributed by atoms with van der Waals surface area (Å²) in [6.45, 7) is 5.86. The van der Waals surface area contributed by atoms with E-state index in [1.54, 1.807) is 45.0 Å². The third kappa shape index (κ3) is 5.84. The van der Waals surface area contributed by atoms with Crippen LogP contribution in [0.15, 0.2) is 77.3 Å². The molecule has 0 radical (unpaired) electrons. The van der Waals surface area contributed by atoms with Gasteiger partial charge < -0.3 is 14.0 Å². The van der Waals surface area contributed by atoms with Crippen LogP contribution in [0.5, 0.6) is 0 Å². The largest absolute Gasteiger partial charge is 0.466 e. The van der Waals surface area contributed by atoms with Gasteiger partial charge in [0.1, 0.15) is 11.4 Å². The molecule has 8 heteroatoms. The number of halogens is 1. The second-order valence-electron chi connectivity index (χ2n) is 8.19. The van der Waals surface area contributed by atoms with Gasteiger partial charge in [-0.3, -0.25) is 4.79 Å². The van der Waals surface area contributed by atoms with E-state index in [2.05, 4.69) is 5.16 Å². The van der Waals surface area contributed by atoms with Gasteiger partial charge in [0, 0.05) is 5.56 Å². The molecule has 7 nitrogen and oxygen atoms in total. The normalized spacial score (nSPS) is 10.7. The number of esters is 1. The van der Waals surface area contributed by atoms with Crippen molar-refractivity contribution in [2.24, 2.45) is 0 Å². The topological polar surface area (TPSA) is 81.9 Å². The van der Waals surface area contributed by atoms with E-state index in [0.29, 0.717) is 34.5 Å². The Labute approximate surface area is 220 Å². The number of amides is 1. The van der Waals surface area contributed by atoms with Crippen molar-refractivity contribution in [1.29, 1.82) is 0 Å². The molecule has 1 heterocycles. The monoisotopic (exact) mass is 518 g/mol. The first kappa shape index (κ1) is 26.0. The van der Waals surface area contributed by atoms with Gasteiger partial charge in [-0.1, -0.05) is 77.4 Å². The zero-order valence-electron chi connectivity index (χ0n) is 20.9. The Balaban J connectivity index is 1.65. The van der Waals surface area contributed by atoms with E-state index in [0.717, 1.165) is 22.3 Å². The lowest BCUT2D eigenvalue weighted by atomic mass is 10.0. The zero-order chi connectivity index (χ0) is 26.4. The molecule has 0 unspecified atom stereocenters. The van der Waals surface area contributed by atoms with Gasteiger partial charge in [-0.05, 0) is 49.6 Å². The Morgan fingerprint density at radius 1 is 0.865 bits per heavy atom. The van der Waals surface area contributed by atoms with E-state index >= 15 is 0 Å². The molecule has 37 heavy (non-hydrogen) atoms. The van der Waals surface area contributed by atoms with Crippen molar-refractivity contribution in [2.75, 3.05) is 18.1 Å². The lowest BCUT2D eigenvalue weighted by Crippen LogP contribution is -2.27. The number of anilines is 2. The highest BCUT2D eigenvalue weighted by molar-refractivity contribution is 6.34. The summed E-state index contributed by atoms with van der Waals surface area (Å²) in [7, 11) is 0. The fourth-order valence-corrected chi connectivity index (χ4v) is 4.18. The molecule has 0 N–H and O–H groups in total. The molecule has 0 spiro atoms. The van der Waals surface area contributed by atoms with Crippen LogP contribution in [0.25, 0.3) is 22.5 Å². The summed E-state index contributed by atoms with van der Waals surface area (Å²) >= 11 is 6.45. The van der Waals surface area contributed by atoms with Crippen molar-refractivity contribution < 1.29 is 23.6 Å². The maximum atomic E-state index is 13.0. The number of para-hydroxylation sites is 1. The van der Waals surface area contributed by atoms with E-state index in [4.69, 9.17) is 25.6 Å². The van der Waals surface area contributed by atoms with Crippen LogP contribution in [0.3, 0.4) is 0 Å². The van der Waals surface area contributed by atoms with Crippen molar-refractivity contribution in [1.82, 2.24) is 5.16 Å². The maximum Gasteiger partial charge on any atom is 0.419 e. The Morgan fingerprint density at radius 2 is 1.46 bits per heavy atom. The molecular formula is C29H27ClN2O5. The van der Waals surface area contributed by atoms with Gasteiger partial charge in [-0.15, -0.1) is 0 Å². The fourth-order valence-electron chi connectivity index (χ4n) is 3.96. The van der Waals surface area contributed by atoms with Crippen LogP contribution in [0.1, 0.15) is 25.1 Å². The molecule has 4 aromatic rings. The summed E-state index contributed by atoms with van der Waals surface area (Å²) in [6, 6.07) is 22.5. The Kier molecular flexibility index (Phi) is 8.25. The number of rotatable bonds is 8. The Morgan fingerprint density at radius 3 is 2.08 bits per heavy atom. The van der Waals surface area contributed by atoms with Crippen LogP contribution in [0.4, 0.5) is 16.2 Å². The number of carbonyl (C=O) groups is 2. The summed E-state index contributed by atoms with van der Waals surface area (Å²) in [5, 5.41) is 4.53. The molecule has 0 saturated carbocycles. The minimum Gasteiger partial charge on any atom is -0.466 e. The van der Waals surface area contributed by atoms with E-state index in [9.17, 15) is 9.59 Å². The SMILES string of the molecule is CCOC(=O)Cc1ccc(-c2ccc(-c3onc(C)c3N(C(=O)OCC)c3ccccc3Cl)cc2)cc1. The van der Waals surface area contributed by atoms with Gasteiger partial charge in [0.25, 0.3) is 0 Å². The molecule has 0 aliphatic carbocycles. The smallest absolute Gasteiger partial charge is 0.419 e. The highest BCUT2D eigenvalue weighted by Gasteiger charge is 2.29. The van der Waals surface area contributed by atoms with Gasteiger partial charge >= 0.3 is 12.1 Å². The summed E-state index contributed by atoms with van der Waals surface area (Å²) in [5.74, 6) is 0.174. The number of carbonyl (C=O) groups excluding carboxylic acids is 2. The van der Waals surface area contributed by atoms with Crippen molar-refractivity contribution in [3.05, 3.63) is 89.1 Å². The summed E-state index contributed by atoms with van der Waals surface area (Å²) in [4.78, 5) is 26.2. The first-order chi connectivity index (χ1) is 17.9.